The van der Waals surface area contributed by atoms with Crippen molar-refractivity contribution in [2.75, 3.05) is 74.1 Å². The van der Waals surface area contributed by atoms with E-state index in [9.17, 15) is 18.0 Å². The molecule has 14 heteroatoms. The third-order valence-corrected chi connectivity index (χ3v) is 8.19. The highest BCUT2D eigenvalue weighted by atomic mass is 35.5. The van der Waals surface area contributed by atoms with Crippen LogP contribution < -0.4 is 15.1 Å². The van der Waals surface area contributed by atoms with Crippen molar-refractivity contribution in [3.05, 3.63) is 70.6 Å². The molecule has 0 atom stereocenters. The van der Waals surface area contributed by atoms with Gasteiger partial charge in [-0.05, 0) is 24.3 Å². The summed E-state index contributed by atoms with van der Waals surface area (Å²) >= 11 is 12.6. The lowest BCUT2D eigenvalue weighted by Gasteiger charge is -2.36. The Bertz CT molecular complexity index is 1600. The van der Waals surface area contributed by atoms with Crippen LogP contribution in [0.4, 0.5) is 30.4 Å². The van der Waals surface area contributed by atoms with Gasteiger partial charge in [0.25, 0.3) is 0 Å². The van der Waals surface area contributed by atoms with Crippen LogP contribution in [0.2, 0.25) is 10.0 Å². The van der Waals surface area contributed by atoms with Gasteiger partial charge in [-0.1, -0.05) is 41.4 Å². The van der Waals surface area contributed by atoms with Gasteiger partial charge >= 0.3 is 6.18 Å². The topological polar surface area (TPSA) is 78.2 Å². The van der Waals surface area contributed by atoms with Gasteiger partial charge in [0.2, 0.25) is 5.91 Å². The Morgan fingerprint density at radius 3 is 2.23 bits per heavy atom. The minimum atomic E-state index is -4.63. The van der Waals surface area contributed by atoms with E-state index in [0.717, 1.165) is 29.2 Å². The number of pyridine rings is 2. The number of anilines is 3. The van der Waals surface area contributed by atoms with Gasteiger partial charge in [0.15, 0.2) is 0 Å². The Hall–Kier alpha value is -3.74. The molecule has 2 aliphatic rings. The number of morpholine rings is 1. The minimum absolute atomic E-state index is 0.101. The summed E-state index contributed by atoms with van der Waals surface area (Å²) in [6, 6.07) is 11.4. The van der Waals surface area contributed by atoms with Crippen molar-refractivity contribution in [3.8, 4) is 11.3 Å². The summed E-state index contributed by atoms with van der Waals surface area (Å²) in [5, 5.41) is 3.85. The third-order valence-electron chi connectivity index (χ3n) is 7.63. The van der Waals surface area contributed by atoms with Crippen molar-refractivity contribution in [3.63, 3.8) is 0 Å². The third kappa shape index (κ3) is 6.04. The predicted molar refractivity (Wildman–Crippen MR) is 160 cm³/mol. The molecule has 0 spiro atoms. The number of hydrogen-bond acceptors (Lipinski definition) is 7. The number of carbonyl (C=O) groups excluding carboxylic acids is 1. The van der Waals surface area contributed by atoms with Crippen LogP contribution in [0.5, 0.6) is 0 Å². The van der Waals surface area contributed by atoms with Crippen molar-refractivity contribution in [2.24, 2.45) is 0 Å². The summed E-state index contributed by atoms with van der Waals surface area (Å²) in [6.45, 7) is 4.35. The Kier molecular flexibility index (Phi) is 8.25. The second kappa shape index (κ2) is 12.1. The molecule has 0 unspecified atom stereocenters. The summed E-state index contributed by atoms with van der Waals surface area (Å²) < 4.78 is 48.7. The molecule has 6 rings (SSSR count). The van der Waals surface area contributed by atoms with Gasteiger partial charge in [0.05, 0.1) is 35.5 Å². The number of halogens is 5. The lowest BCUT2D eigenvalue weighted by molar-refractivity contribution is -0.141. The zero-order chi connectivity index (χ0) is 30.1. The van der Waals surface area contributed by atoms with Crippen molar-refractivity contribution < 1.29 is 22.7 Å². The van der Waals surface area contributed by atoms with Gasteiger partial charge in [-0.3, -0.25) is 14.2 Å². The average molecular weight is 634 g/mol. The number of nitrogens with one attached hydrogen (secondary N) is 1. The Labute approximate surface area is 255 Å². The van der Waals surface area contributed by atoms with Crippen molar-refractivity contribution in [1.29, 1.82) is 0 Å². The molecule has 0 radical (unpaired) electrons. The van der Waals surface area contributed by atoms with Crippen LogP contribution in [-0.4, -0.2) is 84.2 Å². The van der Waals surface area contributed by atoms with Crippen molar-refractivity contribution in [1.82, 2.24) is 19.3 Å². The maximum atomic E-state index is 14.1. The highest BCUT2D eigenvalue weighted by molar-refractivity contribution is 6.38. The lowest BCUT2D eigenvalue weighted by atomic mass is 10.1. The molecule has 0 bridgehead atoms. The summed E-state index contributed by atoms with van der Waals surface area (Å²) in [4.78, 5) is 27.6. The average Bonchev–Trinajstić information content (AvgIpc) is 3.39. The zero-order valence-electron chi connectivity index (χ0n) is 22.9. The molecule has 0 aliphatic carbocycles. The molecule has 5 heterocycles. The fraction of sp³-hybridized carbons (Fsp3) is 0.345. The van der Waals surface area contributed by atoms with Crippen molar-refractivity contribution in [2.45, 2.75) is 6.18 Å². The predicted octanol–water partition coefficient (Wildman–Crippen LogP) is 5.32. The number of amides is 1. The Morgan fingerprint density at radius 1 is 0.907 bits per heavy atom. The largest absolute Gasteiger partial charge is 0.431 e. The highest BCUT2D eigenvalue weighted by Gasteiger charge is 2.35. The monoisotopic (exact) mass is 633 g/mol. The van der Waals surface area contributed by atoms with Gasteiger partial charge in [0.1, 0.15) is 22.9 Å². The molecule has 1 N–H and O–H groups in total. The zero-order valence-corrected chi connectivity index (χ0v) is 24.5. The maximum Gasteiger partial charge on any atom is 0.431 e. The van der Waals surface area contributed by atoms with Crippen LogP contribution in [-0.2, 0) is 15.7 Å². The number of piperazine rings is 1. The number of alkyl halides is 3. The second-order valence-electron chi connectivity index (χ2n) is 10.2. The minimum Gasteiger partial charge on any atom is -0.378 e. The molecule has 2 saturated heterocycles. The van der Waals surface area contributed by atoms with Gasteiger partial charge in [0, 0.05) is 62.9 Å². The first-order chi connectivity index (χ1) is 20.7. The number of benzene rings is 1. The van der Waals surface area contributed by atoms with E-state index in [2.05, 4.69) is 20.2 Å². The van der Waals surface area contributed by atoms with Gasteiger partial charge in [-0.15, -0.1) is 0 Å². The molecule has 0 saturated carbocycles. The number of imidazole rings is 1. The smallest absolute Gasteiger partial charge is 0.378 e. The van der Waals surface area contributed by atoms with E-state index in [1.54, 1.807) is 4.90 Å². The van der Waals surface area contributed by atoms with E-state index in [1.165, 1.54) is 24.5 Å². The van der Waals surface area contributed by atoms with E-state index in [4.69, 9.17) is 27.9 Å². The molecule has 1 amide bonds. The standard InChI is InChI=1S/C29H28Cl2F3N7O2/c30-21-16-35-17-22(31)27(21)40-10-8-39(9-11-40)25(42)18-36-28-26(37-24-3-1-2-23(41(24)28)29(32,33)34)19-4-6-20(7-5-19)38-12-14-43-15-13-38/h1-7,16-17,36H,8-15,18H2. The molecule has 226 valence electrons. The first kappa shape index (κ1) is 29.3. The fourth-order valence-electron chi connectivity index (χ4n) is 5.49. The second-order valence-corrected chi connectivity index (χ2v) is 11.0. The van der Waals surface area contributed by atoms with Crippen LogP contribution in [0, 0.1) is 0 Å². The van der Waals surface area contributed by atoms with Crippen LogP contribution in [0.1, 0.15) is 5.69 Å². The molecule has 4 aromatic rings. The SMILES string of the molecule is O=C(CNc1c(-c2ccc(N3CCOCC3)cc2)nc2cccc(C(F)(F)F)n12)N1CCN(c2c(Cl)cncc2Cl)CC1. The highest BCUT2D eigenvalue weighted by Crippen LogP contribution is 2.37. The molecule has 1 aromatic carbocycles. The Morgan fingerprint density at radius 2 is 1.58 bits per heavy atom. The number of hydrogen-bond donors (Lipinski definition) is 1. The van der Waals surface area contributed by atoms with Crippen LogP contribution in [0.25, 0.3) is 16.9 Å². The first-order valence-electron chi connectivity index (χ1n) is 13.8. The quantitative estimate of drug-likeness (QED) is 0.308. The molecule has 3 aromatic heterocycles. The summed E-state index contributed by atoms with van der Waals surface area (Å²) in [6.07, 6.45) is -1.60. The normalized spacial score (nSPS) is 16.2. The van der Waals surface area contributed by atoms with E-state index < -0.39 is 11.9 Å². The number of aromatic nitrogens is 3. The molecule has 2 fully saturated rings. The van der Waals surface area contributed by atoms with Gasteiger partial charge < -0.3 is 24.8 Å². The van der Waals surface area contributed by atoms with E-state index in [0.29, 0.717) is 66.4 Å². The number of fused-ring (bicyclic) bond motifs is 1. The van der Waals surface area contributed by atoms with E-state index in [-0.39, 0.29) is 23.9 Å². The van der Waals surface area contributed by atoms with Crippen LogP contribution in [0.3, 0.4) is 0 Å². The molecule has 2 aliphatic heterocycles. The number of nitrogens with zero attached hydrogens (tertiary/aromatic N) is 6. The van der Waals surface area contributed by atoms with Crippen LogP contribution >= 0.6 is 23.2 Å². The summed E-state index contributed by atoms with van der Waals surface area (Å²) in [5.41, 5.74) is 1.84. The molecular formula is C29H28Cl2F3N7O2. The lowest BCUT2D eigenvalue weighted by Crippen LogP contribution is -2.50. The van der Waals surface area contributed by atoms with Gasteiger partial charge in [-0.2, -0.15) is 13.2 Å². The van der Waals surface area contributed by atoms with E-state index in [1.807, 2.05) is 29.2 Å². The molecule has 43 heavy (non-hydrogen) atoms. The Balaban J connectivity index is 1.24. The van der Waals surface area contributed by atoms with Crippen molar-refractivity contribution >= 4 is 51.9 Å². The maximum absolute atomic E-state index is 14.1. The number of ether oxygens (including phenoxy) is 1. The van der Waals surface area contributed by atoms with E-state index >= 15 is 0 Å². The molecular weight excluding hydrogens is 606 g/mol. The number of carbonyl (C=O) groups is 1. The fourth-order valence-corrected chi connectivity index (χ4v) is 6.09. The first-order valence-corrected chi connectivity index (χ1v) is 14.5. The van der Waals surface area contributed by atoms with Gasteiger partial charge in [-0.25, -0.2) is 4.98 Å². The number of rotatable bonds is 6. The molecule has 9 nitrogen and oxygen atoms in total. The van der Waals surface area contributed by atoms with Crippen LogP contribution in [0.15, 0.2) is 54.9 Å². The summed E-state index contributed by atoms with van der Waals surface area (Å²) in [5.74, 6) is -0.149. The summed E-state index contributed by atoms with van der Waals surface area (Å²) in [7, 11) is 0.